The number of hydrogen-bond acceptors (Lipinski definition) is 4. The molecule has 2 aromatic heterocycles. The van der Waals surface area contributed by atoms with Gasteiger partial charge in [-0.25, -0.2) is 4.98 Å². The van der Waals surface area contributed by atoms with Gasteiger partial charge in [-0.2, -0.15) is 4.98 Å². The van der Waals surface area contributed by atoms with Gasteiger partial charge in [-0.1, -0.05) is 54.6 Å². The van der Waals surface area contributed by atoms with E-state index in [9.17, 15) is 4.79 Å². The molecule has 0 radical (unpaired) electrons. The summed E-state index contributed by atoms with van der Waals surface area (Å²) in [7, 11) is 0. The van der Waals surface area contributed by atoms with Crippen molar-refractivity contribution in [2.75, 3.05) is 5.73 Å². The minimum absolute atomic E-state index is 0.0740. The fourth-order valence-corrected chi connectivity index (χ4v) is 2.75. The minimum Gasteiger partial charge on any atom is -0.369 e. The maximum absolute atomic E-state index is 12.1. The Morgan fingerprint density at radius 3 is 2.46 bits per heavy atom. The highest BCUT2D eigenvalue weighted by Gasteiger charge is 2.09. The summed E-state index contributed by atoms with van der Waals surface area (Å²) in [5.74, 6) is 0.0740. The number of nitrogens with zero attached hydrogens (tertiary/aromatic N) is 3. The van der Waals surface area contributed by atoms with Crippen LogP contribution in [0.4, 0.5) is 5.95 Å². The van der Waals surface area contributed by atoms with Crippen LogP contribution in [0.2, 0.25) is 0 Å². The molecule has 0 saturated carbocycles. The van der Waals surface area contributed by atoms with Gasteiger partial charge in [0.05, 0.1) is 6.33 Å². The van der Waals surface area contributed by atoms with Crippen LogP contribution in [0.1, 0.15) is 5.56 Å². The number of nitrogens with two attached hydrogens (primary N) is 1. The van der Waals surface area contributed by atoms with E-state index in [0.29, 0.717) is 17.7 Å². The number of H-pyrrole nitrogens is 1. The van der Waals surface area contributed by atoms with Crippen molar-refractivity contribution in [2.45, 2.75) is 6.54 Å². The maximum Gasteiger partial charge on any atom is 0.278 e. The summed E-state index contributed by atoms with van der Waals surface area (Å²) in [5, 5.41) is 0. The molecule has 6 heteroatoms. The van der Waals surface area contributed by atoms with Crippen LogP contribution in [0.15, 0.2) is 65.7 Å². The minimum atomic E-state index is -0.282. The number of aromatic amines is 1. The molecule has 2 aromatic carbocycles. The number of benzene rings is 2. The van der Waals surface area contributed by atoms with Crippen molar-refractivity contribution in [3.05, 3.63) is 76.8 Å². The third-order valence-corrected chi connectivity index (χ3v) is 3.92. The van der Waals surface area contributed by atoms with Gasteiger partial charge in [0.15, 0.2) is 11.2 Å². The molecule has 0 aliphatic heterocycles. The number of rotatable bonds is 3. The van der Waals surface area contributed by atoms with Gasteiger partial charge in [0, 0.05) is 6.54 Å². The van der Waals surface area contributed by atoms with E-state index in [0.717, 1.165) is 11.1 Å². The molecule has 0 bridgehead atoms. The third-order valence-electron chi connectivity index (χ3n) is 3.92. The Hall–Kier alpha value is -3.41. The SMILES string of the molecule is Nc1nc2ncn(Cc3ccc(-c4ccccc4)cc3)c2c(=O)[nH]1. The van der Waals surface area contributed by atoms with Crippen molar-refractivity contribution in [3.63, 3.8) is 0 Å². The lowest BCUT2D eigenvalue weighted by Gasteiger charge is -2.06. The average molecular weight is 317 g/mol. The van der Waals surface area contributed by atoms with Gasteiger partial charge in [0.2, 0.25) is 5.95 Å². The van der Waals surface area contributed by atoms with Crippen LogP contribution >= 0.6 is 0 Å². The molecule has 0 amide bonds. The summed E-state index contributed by atoms with van der Waals surface area (Å²) in [6.45, 7) is 0.542. The van der Waals surface area contributed by atoms with Gasteiger partial charge in [0.25, 0.3) is 5.56 Å². The second kappa shape index (κ2) is 5.66. The molecule has 0 atom stereocenters. The number of anilines is 1. The first-order chi connectivity index (χ1) is 11.7. The van der Waals surface area contributed by atoms with Crippen molar-refractivity contribution in [3.8, 4) is 11.1 Å². The zero-order valence-electron chi connectivity index (χ0n) is 12.8. The van der Waals surface area contributed by atoms with E-state index in [-0.39, 0.29) is 11.5 Å². The summed E-state index contributed by atoms with van der Waals surface area (Å²) in [6, 6.07) is 18.4. The van der Waals surface area contributed by atoms with Crippen LogP contribution in [0.25, 0.3) is 22.3 Å². The number of nitrogen functional groups attached to an aromatic ring is 1. The fourth-order valence-electron chi connectivity index (χ4n) is 2.75. The summed E-state index contributed by atoms with van der Waals surface area (Å²) in [4.78, 5) is 22.8. The number of imidazole rings is 1. The summed E-state index contributed by atoms with van der Waals surface area (Å²) in [6.07, 6.45) is 1.61. The molecular weight excluding hydrogens is 302 g/mol. The molecular formula is C18H15N5O. The highest BCUT2D eigenvalue weighted by atomic mass is 16.1. The molecule has 0 aliphatic carbocycles. The van der Waals surface area contributed by atoms with Gasteiger partial charge < -0.3 is 10.3 Å². The van der Waals surface area contributed by atoms with E-state index in [2.05, 4.69) is 39.2 Å². The molecule has 0 fully saturated rings. The summed E-state index contributed by atoms with van der Waals surface area (Å²) < 4.78 is 1.78. The van der Waals surface area contributed by atoms with E-state index in [1.54, 1.807) is 10.9 Å². The van der Waals surface area contributed by atoms with Gasteiger partial charge in [0.1, 0.15) is 0 Å². The van der Waals surface area contributed by atoms with Crippen molar-refractivity contribution < 1.29 is 0 Å². The quantitative estimate of drug-likeness (QED) is 0.607. The van der Waals surface area contributed by atoms with Crippen LogP contribution in [-0.4, -0.2) is 19.5 Å². The largest absolute Gasteiger partial charge is 0.369 e. The number of fused-ring (bicyclic) bond motifs is 1. The highest BCUT2D eigenvalue weighted by Crippen LogP contribution is 2.20. The Morgan fingerprint density at radius 1 is 1.00 bits per heavy atom. The first-order valence-corrected chi connectivity index (χ1v) is 7.56. The smallest absolute Gasteiger partial charge is 0.278 e. The van der Waals surface area contributed by atoms with Crippen LogP contribution in [0.3, 0.4) is 0 Å². The van der Waals surface area contributed by atoms with Gasteiger partial charge in [-0.3, -0.25) is 9.78 Å². The van der Waals surface area contributed by atoms with E-state index < -0.39 is 0 Å². The highest BCUT2D eigenvalue weighted by molar-refractivity contribution is 5.70. The topological polar surface area (TPSA) is 89.6 Å². The van der Waals surface area contributed by atoms with Crippen LogP contribution in [0, 0.1) is 0 Å². The van der Waals surface area contributed by atoms with E-state index >= 15 is 0 Å². The molecule has 118 valence electrons. The first kappa shape index (κ1) is 14.2. The molecule has 0 aliphatic rings. The lowest BCUT2D eigenvalue weighted by atomic mass is 10.0. The molecule has 4 aromatic rings. The normalized spacial score (nSPS) is 11.0. The molecule has 0 saturated heterocycles. The van der Waals surface area contributed by atoms with Crippen LogP contribution in [-0.2, 0) is 6.54 Å². The zero-order chi connectivity index (χ0) is 16.5. The molecule has 3 N–H and O–H groups in total. The number of aromatic nitrogens is 4. The molecule has 4 rings (SSSR count). The second-order valence-corrected chi connectivity index (χ2v) is 5.56. The Balaban J connectivity index is 1.66. The van der Waals surface area contributed by atoms with Crippen molar-refractivity contribution in [2.24, 2.45) is 0 Å². The lowest BCUT2D eigenvalue weighted by molar-refractivity contribution is 0.820. The van der Waals surface area contributed by atoms with Crippen LogP contribution in [0.5, 0.6) is 0 Å². The first-order valence-electron chi connectivity index (χ1n) is 7.56. The standard InChI is InChI=1S/C18H15N5O/c19-18-21-16-15(17(24)22-18)23(11-20-16)10-12-6-8-14(9-7-12)13-4-2-1-3-5-13/h1-9,11H,10H2,(H3,19,21,22,24). The van der Waals surface area contributed by atoms with Gasteiger partial charge in [-0.15, -0.1) is 0 Å². The monoisotopic (exact) mass is 317 g/mol. The van der Waals surface area contributed by atoms with Crippen molar-refractivity contribution in [1.82, 2.24) is 19.5 Å². The lowest BCUT2D eigenvalue weighted by Crippen LogP contribution is -2.14. The molecule has 24 heavy (non-hydrogen) atoms. The molecule has 6 nitrogen and oxygen atoms in total. The molecule has 0 unspecified atom stereocenters. The Bertz CT molecular complexity index is 1050. The fraction of sp³-hybridized carbons (Fsp3) is 0.0556. The number of nitrogens with one attached hydrogen (secondary N) is 1. The second-order valence-electron chi connectivity index (χ2n) is 5.56. The summed E-state index contributed by atoms with van der Waals surface area (Å²) >= 11 is 0. The predicted molar refractivity (Wildman–Crippen MR) is 93.5 cm³/mol. The van der Waals surface area contributed by atoms with Gasteiger partial charge >= 0.3 is 0 Å². The predicted octanol–water partition coefficient (Wildman–Crippen LogP) is 2.42. The number of hydrogen-bond donors (Lipinski definition) is 2. The van der Waals surface area contributed by atoms with Crippen LogP contribution < -0.4 is 11.3 Å². The zero-order valence-corrected chi connectivity index (χ0v) is 12.8. The van der Waals surface area contributed by atoms with Crippen molar-refractivity contribution in [1.29, 1.82) is 0 Å². The Morgan fingerprint density at radius 2 is 1.71 bits per heavy atom. The van der Waals surface area contributed by atoms with E-state index in [4.69, 9.17) is 5.73 Å². The maximum atomic E-state index is 12.1. The van der Waals surface area contributed by atoms with E-state index in [1.165, 1.54) is 5.56 Å². The average Bonchev–Trinajstić information content (AvgIpc) is 2.99. The van der Waals surface area contributed by atoms with Gasteiger partial charge in [-0.05, 0) is 16.7 Å². The van der Waals surface area contributed by atoms with E-state index in [1.807, 2.05) is 30.3 Å². The molecule has 0 spiro atoms. The third kappa shape index (κ3) is 2.54. The molecule has 2 heterocycles. The Kier molecular flexibility index (Phi) is 3.35. The van der Waals surface area contributed by atoms with Crippen molar-refractivity contribution >= 4 is 17.1 Å². The summed E-state index contributed by atoms with van der Waals surface area (Å²) in [5.41, 5.74) is 9.45. The Labute approximate surface area is 137 Å².